The molecule has 0 radical (unpaired) electrons. The van der Waals surface area contributed by atoms with Gasteiger partial charge in [0, 0.05) is 37.5 Å². The molecule has 5 nitrogen and oxygen atoms in total. The zero-order valence-electron chi connectivity index (χ0n) is 13.9. The lowest BCUT2D eigenvalue weighted by Crippen LogP contribution is -2.57. The van der Waals surface area contributed by atoms with Crippen LogP contribution in [0.25, 0.3) is 0 Å². The van der Waals surface area contributed by atoms with Gasteiger partial charge >= 0.3 is 0 Å². The predicted molar refractivity (Wildman–Crippen MR) is 109 cm³/mol. The summed E-state index contributed by atoms with van der Waals surface area (Å²) in [5, 5.41) is 5.35. The zero-order valence-corrected chi connectivity index (χ0v) is 17.9. The Hall–Kier alpha value is -0.350. The van der Waals surface area contributed by atoms with Gasteiger partial charge in [-0.3, -0.25) is 4.99 Å². The van der Waals surface area contributed by atoms with E-state index in [1.165, 1.54) is 4.88 Å². The van der Waals surface area contributed by atoms with Gasteiger partial charge in [-0.2, -0.15) is 0 Å². The number of aliphatic imine (C=N–C) groups is 1. The van der Waals surface area contributed by atoms with Gasteiger partial charge in [-0.1, -0.05) is 6.07 Å². The number of sulfone groups is 1. The van der Waals surface area contributed by atoms with Crippen LogP contribution in [-0.4, -0.2) is 56.0 Å². The van der Waals surface area contributed by atoms with Crippen LogP contribution in [0.4, 0.5) is 0 Å². The largest absolute Gasteiger partial charge is 0.357 e. The van der Waals surface area contributed by atoms with Crippen LogP contribution in [0.15, 0.2) is 22.5 Å². The van der Waals surface area contributed by atoms with Crippen molar-refractivity contribution in [2.75, 3.05) is 31.9 Å². The molecule has 1 aliphatic heterocycles. The lowest BCUT2D eigenvalue weighted by Gasteiger charge is -2.39. The maximum absolute atomic E-state index is 12.1. The molecule has 1 fully saturated rings. The van der Waals surface area contributed by atoms with Crippen LogP contribution in [-0.2, 0) is 16.3 Å². The van der Waals surface area contributed by atoms with Crippen molar-refractivity contribution in [3.05, 3.63) is 22.4 Å². The van der Waals surface area contributed by atoms with E-state index in [4.69, 9.17) is 0 Å². The van der Waals surface area contributed by atoms with E-state index in [0.717, 1.165) is 18.9 Å². The molecular formula is C15H26IN3O2S2. The fraction of sp³-hybridized carbons (Fsp3) is 0.667. The quantitative estimate of drug-likeness (QED) is 0.416. The molecule has 0 bridgehead atoms. The fourth-order valence-corrected chi connectivity index (χ4v) is 4.54. The standard InChI is InChI=1S/C15H25N3O2S2.HI/c1-4-16-14(17-8-7-13-6-5-10-21-13)18-9-11-22(19,20)15(2,3)12-18;/h5-6,10H,4,7-9,11-12H2,1-3H3,(H,16,17);1H. The number of nitrogens with zero attached hydrogens (tertiary/aromatic N) is 2. The van der Waals surface area contributed by atoms with Gasteiger partial charge in [0.25, 0.3) is 0 Å². The van der Waals surface area contributed by atoms with E-state index < -0.39 is 14.6 Å². The number of guanidine groups is 1. The Labute approximate surface area is 160 Å². The van der Waals surface area contributed by atoms with Crippen molar-refractivity contribution in [1.82, 2.24) is 10.2 Å². The summed E-state index contributed by atoms with van der Waals surface area (Å²) in [4.78, 5) is 8.06. The summed E-state index contributed by atoms with van der Waals surface area (Å²) in [7, 11) is -3.02. The minimum absolute atomic E-state index is 0. The molecule has 0 amide bonds. The van der Waals surface area contributed by atoms with Crippen molar-refractivity contribution in [3.63, 3.8) is 0 Å². The summed E-state index contributed by atoms with van der Waals surface area (Å²) in [6.45, 7) is 8.11. The third-order valence-electron chi connectivity index (χ3n) is 3.88. The Bertz CT molecular complexity index is 613. The maximum Gasteiger partial charge on any atom is 0.194 e. The molecule has 0 aliphatic carbocycles. The molecule has 0 aromatic carbocycles. The van der Waals surface area contributed by atoms with Gasteiger partial charge < -0.3 is 10.2 Å². The van der Waals surface area contributed by atoms with Crippen molar-refractivity contribution < 1.29 is 8.42 Å². The third kappa shape index (κ3) is 5.32. The van der Waals surface area contributed by atoms with Crippen LogP contribution < -0.4 is 5.32 Å². The molecule has 1 aromatic heterocycles. The molecule has 2 heterocycles. The number of hydrogen-bond acceptors (Lipinski definition) is 4. The highest BCUT2D eigenvalue weighted by molar-refractivity contribution is 14.0. The van der Waals surface area contributed by atoms with Crippen LogP contribution in [0, 0.1) is 0 Å². The zero-order chi connectivity index (χ0) is 16.2. The summed E-state index contributed by atoms with van der Waals surface area (Å²) >= 11 is 1.74. The number of halogens is 1. The highest BCUT2D eigenvalue weighted by Gasteiger charge is 2.40. The maximum atomic E-state index is 12.1. The van der Waals surface area contributed by atoms with E-state index >= 15 is 0 Å². The van der Waals surface area contributed by atoms with Gasteiger partial charge in [0.05, 0.1) is 10.5 Å². The van der Waals surface area contributed by atoms with Crippen LogP contribution in [0.5, 0.6) is 0 Å². The van der Waals surface area contributed by atoms with Crippen LogP contribution in [0.2, 0.25) is 0 Å². The Kier molecular flexibility index (Phi) is 7.79. The molecule has 23 heavy (non-hydrogen) atoms. The normalized spacial score (nSPS) is 20.0. The van der Waals surface area contributed by atoms with E-state index in [2.05, 4.69) is 26.7 Å². The average Bonchev–Trinajstić information content (AvgIpc) is 2.94. The lowest BCUT2D eigenvalue weighted by atomic mass is 10.2. The Balaban J connectivity index is 0.00000264. The predicted octanol–water partition coefficient (Wildman–Crippen LogP) is 2.38. The fourth-order valence-electron chi connectivity index (χ4n) is 2.48. The summed E-state index contributed by atoms with van der Waals surface area (Å²) < 4.78 is 23.5. The summed E-state index contributed by atoms with van der Waals surface area (Å²) in [5.41, 5.74) is 0. The van der Waals surface area contributed by atoms with E-state index in [0.29, 0.717) is 19.6 Å². The van der Waals surface area contributed by atoms with Gasteiger partial charge in [-0.25, -0.2) is 8.42 Å². The Morgan fingerprint density at radius 3 is 2.78 bits per heavy atom. The van der Waals surface area contributed by atoms with Crippen molar-refractivity contribution in [3.8, 4) is 0 Å². The van der Waals surface area contributed by atoms with Crippen LogP contribution in [0.3, 0.4) is 0 Å². The second-order valence-electron chi connectivity index (χ2n) is 6.07. The van der Waals surface area contributed by atoms with Gasteiger partial charge in [0.2, 0.25) is 0 Å². The summed E-state index contributed by atoms with van der Waals surface area (Å²) in [6, 6.07) is 4.16. The minimum Gasteiger partial charge on any atom is -0.357 e. The molecule has 0 unspecified atom stereocenters. The molecule has 132 valence electrons. The van der Waals surface area contributed by atoms with Crippen molar-refractivity contribution in [2.45, 2.75) is 31.9 Å². The first-order chi connectivity index (χ1) is 10.4. The number of hydrogen-bond donors (Lipinski definition) is 1. The van der Waals surface area contributed by atoms with Crippen LogP contribution in [0.1, 0.15) is 25.6 Å². The number of rotatable bonds is 4. The van der Waals surface area contributed by atoms with E-state index in [9.17, 15) is 8.42 Å². The molecule has 0 atom stereocenters. The smallest absolute Gasteiger partial charge is 0.194 e. The van der Waals surface area contributed by atoms with Crippen molar-refractivity contribution in [1.29, 1.82) is 0 Å². The van der Waals surface area contributed by atoms with Crippen molar-refractivity contribution in [2.24, 2.45) is 4.99 Å². The monoisotopic (exact) mass is 471 g/mol. The second-order valence-corrected chi connectivity index (χ2v) is 9.84. The van der Waals surface area contributed by atoms with E-state index in [-0.39, 0.29) is 29.7 Å². The first kappa shape index (κ1) is 20.7. The molecule has 0 saturated carbocycles. The van der Waals surface area contributed by atoms with Gasteiger partial charge in [-0.15, -0.1) is 35.3 Å². The summed E-state index contributed by atoms with van der Waals surface area (Å²) in [6.07, 6.45) is 0.919. The molecule has 1 N–H and O–H groups in total. The lowest BCUT2D eigenvalue weighted by molar-refractivity contribution is 0.353. The van der Waals surface area contributed by atoms with E-state index in [1.807, 2.05) is 13.0 Å². The van der Waals surface area contributed by atoms with E-state index in [1.54, 1.807) is 25.2 Å². The molecule has 2 rings (SSSR count). The SMILES string of the molecule is CCNC(=NCCc1cccs1)N1CCS(=O)(=O)C(C)(C)C1.I. The molecular weight excluding hydrogens is 445 g/mol. The van der Waals surface area contributed by atoms with Crippen LogP contribution >= 0.6 is 35.3 Å². The first-order valence-corrected chi connectivity index (χ1v) is 10.2. The molecule has 1 saturated heterocycles. The van der Waals surface area contributed by atoms with Gasteiger partial charge in [-0.05, 0) is 32.2 Å². The Morgan fingerprint density at radius 1 is 1.48 bits per heavy atom. The van der Waals surface area contributed by atoms with Gasteiger partial charge in [0.15, 0.2) is 15.8 Å². The average molecular weight is 471 g/mol. The topological polar surface area (TPSA) is 61.8 Å². The molecule has 1 aromatic rings. The number of thiophene rings is 1. The highest BCUT2D eigenvalue weighted by atomic mass is 127. The molecule has 0 spiro atoms. The minimum atomic E-state index is -3.02. The first-order valence-electron chi connectivity index (χ1n) is 7.63. The second kappa shape index (κ2) is 8.66. The summed E-state index contributed by atoms with van der Waals surface area (Å²) in [5.74, 6) is 1.01. The van der Waals surface area contributed by atoms with Gasteiger partial charge in [0.1, 0.15) is 0 Å². The molecule has 8 heteroatoms. The number of nitrogens with one attached hydrogen (secondary N) is 1. The third-order valence-corrected chi connectivity index (χ3v) is 7.35. The van der Waals surface area contributed by atoms with Crippen molar-refractivity contribution >= 4 is 51.1 Å². The highest BCUT2D eigenvalue weighted by Crippen LogP contribution is 2.23. The Morgan fingerprint density at radius 2 is 2.22 bits per heavy atom. The molecule has 1 aliphatic rings.